The number of hydrogen-bond acceptors (Lipinski definition) is 2. The highest BCUT2D eigenvalue weighted by Gasteiger charge is 1.91. The van der Waals surface area contributed by atoms with Crippen LogP contribution in [0.2, 0.25) is 0 Å². The molecule has 0 spiro atoms. The Bertz CT molecular complexity index is 198. The Morgan fingerprint density at radius 2 is 2.33 bits per heavy atom. The van der Waals surface area contributed by atoms with Crippen molar-refractivity contribution in [3.63, 3.8) is 0 Å². The van der Waals surface area contributed by atoms with E-state index in [4.69, 9.17) is 10.4 Å². The first kappa shape index (κ1) is 7.44. The molecule has 0 aromatic heterocycles. The summed E-state index contributed by atoms with van der Waals surface area (Å²) in [6, 6.07) is 1.65. The largest absolute Gasteiger partial charge is 0.478 e. The molecule has 0 fully saturated rings. The van der Waals surface area contributed by atoms with Crippen LogP contribution in [0.5, 0.6) is 0 Å². The van der Waals surface area contributed by atoms with Crippen molar-refractivity contribution in [2.24, 2.45) is 0 Å². The second-order valence-electron chi connectivity index (χ2n) is 1.25. The van der Waals surface area contributed by atoms with Crippen LogP contribution in [0, 0.1) is 11.3 Å². The lowest BCUT2D eigenvalue weighted by Crippen LogP contribution is -1.88. The van der Waals surface area contributed by atoms with Gasteiger partial charge in [0.25, 0.3) is 0 Å². The predicted octanol–water partition coefficient (Wildman–Crippen LogP) is 0.707. The molecule has 0 aromatic rings. The van der Waals surface area contributed by atoms with E-state index in [9.17, 15) is 4.79 Å². The SMILES string of the molecule is C=CC(C#N)=CC(=O)O. The smallest absolute Gasteiger partial charge is 0.329 e. The van der Waals surface area contributed by atoms with Crippen LogP contribution in [0.1, 0.15) is 0 Å². The van der Waals surface area contributed by atoms with Gasteiger partial charge in [0.1, 0.15) is 0 Å². The van der Waals surface area contributed by atoms with E-state index >= 15 is 0 Å². The van der Waals surface area contributed by atoms with Crippen LogP contribution < -0.4 is 0 Å². The summed E-state index contributed by atoms with van der Waals surface area (Å²) in [5.74, 6) is -1.13. The standard InChI is InChI=1S/C6H5NO2/c1-2-5(4-7)3-6(8)9/h2-3H,1H2,(H,8,9). The summed E-state index contributed by atoms with van der Waals surface area (Å²) < 4.78 is 0. The fourth-order valence-corrected chi connectivity index (χ4v) is 0.270. The number of nitrogens with zero attached hydrogens (tertiary/aromatic N) is 1. The van der Waals surface area contributed by atoms with Gasteiger partial charge in [0.05, 0.1) is 11.6 Å². The lowest BCUT2D eigenvalue weighted by Gasteiger charge is -1.79. The molecule has 46 valence electrons. The quantitative estimate of drug-likeness (QED) is 0.334. The van der Waals surface area contributed by atoms with Gasteiger partial charge in [-0.15, -0.1) is 0 Å². The second kappa shape index (κ2) is 3.44. The van der Waals surface area contributed by atoms with Crippen LogP contribution in [0.15, 0.2) is 24.3 Å². The molecular formula is C6H5NO2. The van der Waals surface area contributed by atoms with Gasteiger partial charge in [-0.05, 0) is 0 Å². The minimum Gasteiger partial charge on any atom is -0.478 e. The molecule has 0 amide bonds. The first-order valence-electron chi connectivity index (χ1n) is 2.18. The van der Waals surface area contributed by atoms with Gasteiger partial charge in [-0.25, -0.2) is 4.79 Å². The molecule has 0 aliphatic rings. The van der Waals surface area contributed by atoms with Crippen molar-refractivity contribution in [2.45, 2.75) is 0 Å². The van der Waals surface area contributed by atoms with Crippen LogP contribution in [-0.2, 0) is 4.79 Å². The normalized spacial score (nSPS) is 9.89. The van der Waals surface area contributed by atoms with Gasteiger partial charge in [-0.3, -0.25) is 0 Å². The lowest BCUT2D eigenvalue weighted by molar-refractivity contribution is -0.131. The zero-order chi connectivity index (χ0) is 7.28. The maximum atomic E-state index is 9.85. The molecule has 0 heterocycles. The number of carbonyl (C=O) groups is 1. The number of carboxylic acids is 1. The molecule has 0 bridgehead atoms. The number of carboxylic acid groups (broad SMARTS) is 1. The topological polar surface area (TPSA) is 61.1 Å². The number of aliphatic carboxylic acids is 1. The lowest BCUT2D eigenvalue weighted by atomic mass is 10.3. The zero-order valence-corrected chi connectivity index (χ0v) is 4.66. The fourth-order valence-electron chi connectivity index (χ4n) is 0.270. The average molecular weight is 123 g/mol. The van der Waals surface area contributed by atoms with Crippen molar-refractivity contribution in [3.05, 3.63) is 24.3 Å². The van der Waals surface area contributed by atoms with E-state index in [0.29, 0.717) is 0 Å². The molecule has 3 heteroatoms. The highest BCUT2D eigenvalue weighted by Crippen LogP contribution is 1.90. The van der Waals surface area contributed by atoms with Crippen LogP contribution in [-0.4, -0.2) is 11.1 Å². The van der Waals surface area contributed by atoms with Gasteiger partial charge in [0, 0.05) is 6.08 Å². The van der Waals surface area contributed by atoms with E-state index in [1.807, 2.05) is 0 Å². The Kier molecular flexibility index (Phi) is 2.85. The molecule has 3 nitrogen and oxygen atoms in total. The predicted molar refractivity (Wildman–Crippen MR) is 31.5 cm³/mol. The molecule has 0 rings (SSSR count). The Hall–Kier alpha value is -1.56. The number of hydrogen-bond donors (Lipinski definition) is 1. The van der Waals surface area contributed by atoms with Crippen molar-refractivity contribution < 1.29 is 9.90 Å². The fraction of sp³-hybridized carbons (Fsp3) is 0. The van der Waals surface area contributed by atoms with Crippen LogP contribution in [0.4, 0.5) is 0 Å². The molecule has 0 radical (unpaired) electrons. The monoisotopic (exact) mass is 123 g/mol. The highest BCUT2D eigenvalue weighted by atomic mass is 16.4. The van der Waals surface area contributed by atoms with E-state index in [1.165, 1.54) is 6.08 Å². The summed E-state index contributed by atoms with van der Waals surface area (Å²) in [7, 11) is 0. The van der Waals surface area contributed by atoms with Gasteiger partial charge in [-0.2, -0.15) is 5.26 Å². The Morgan fingerprint density at radius 1 is 1.78 bits per heavy atom. The first-order valence-corrected chi connectivity index (χ1v) is 2.18. The van der Waals surface area contributed by atoms with Gasteiger partial charge in [0.2, 0.25) is 0 Å². The molecule has 0 saturated heterocycles. The Labute approximate surface area is 52.5 Å². The van der Waals surface area contributed by atoms with Crippen molar-refractivity contribution in [1.82, 2.24) is 0 Å². The minimum atomic E-state index is -1.13. The summed E-state index contributed by atoms with van der Waals surface area (Å²) >= 11 is 0. The molecule has 0 aliphatic heterocycles. The molecule has 0 unspecified atom stereocenters. The third-order valence-electron chi connectivity index (χ3n) is 0.628. The number of allylic oxidation sites excluding steroid dienone is 2. The maximum Gasteiger partial charge on any atom is 0.329 e. The van der Waals surface area contributed by atoms with Crippen molar-refractivity contribution in [1.29, 1.82) is 5.26 Å². The highest BCUT2D eigenvalue weighted by molar-refractivity contribution is 5.82. The van der Waals surface area contributed by atoms with Gasteiger partial charge in [-0.1, -0.05) is 12.7 Å². The maximum absolute atomic E-state index is 9.85. The van der Waals surface area contributed by atoms with Crippen molar-refractivity contribution in [3.8, 4) is 6.07 Å². The summed E-state index contributed by atoms with van der Waals surface area (Å²) in [5.41, 5.74) is 0.0579. The van der Waals surface area contributed by atoms with E-state index in [0.717, 1.165) is 6.08 Å². The Morgan fingerprint density at radius 3 is 2.44 bits per heavy atom. The third-order valence-corrected chi connectivity index (χ3v) is 0.628. The number of rotatable bonds is 2. The molecule has 0 saturated carbocycles. The van der Waals surface area contributed by atoms with Gasteiger partial charge in [0.15, 0.2) is 0 Å². The van der Waals surface area contributed by atoms with E-state index in [-0.39, 0.29) is 5.57 Å². The third kappa shape index (κ3) is 3.06. The van der Waals surface area contributed by atoms with Crippen LogP contribution in [0.3, 0.4) is 0 Å². The first-order chi connectivity index (χ1) is 4.20. The molecular weight excluding hydrogens is 118 g/mol. The van der Waals surface area contributed by atoms with E-state index in [2.05, 4.69) is 6.58 Å². The summed E-state index contributed by atoms with van der Waals surface area (Å²) in [4.78, 5) is 9.85. The summed E-state index contributed by atoms with van der Waals surface area (Å²) in [5, 5.41) is 16.2. The summed E-state index contributed by atoms with van der Waals surface area (Å²) in [6.45, 7) is 3.23. The molecule has 9 heavy (non-hydrogen) atoms. The second-order valence-corrected chi connectivity index (χ2v) is 1.25. The van der Waals surface area contributed by atoms with Gasteiger partial charge < -0.3 is 5.11 Å². The molecule has 0 aromatic carbocycles. The van der Waals surface area contributed by atoms with Crippen molar-refractivity contribution in [2.75, 3.05) is 0 Å². The molecule has 1 N–H and O–H groups in total. The van der Waals surface area contributed by atoms with E-state index < -0.39 is 5.97 Å². The molecule has 0 aliphatic carbocycles. The average Bonchev–Trinajstić information content (AvgIpc) is 1.82. The van der Waals surface area contributed by atoms with E-state index in [1.54, 1.807) is 6.07 Å². The van der Waals surface area contributed by atoms with Gasteiger partial charge >= 0.3 is 5.97 Å². The van der Waals surface area contributed by atoms with Crippen molar-refractivity contribution >= 4 is 5.97 Å². The number of nitriles is 1. The van der Waals surface area contributed by atoms with Crippen LogP contribution in [0.25, 0.3) is 0 Å². The van der Waals surface area contributed by atoms with Crippen LogP contribution >= 0.6 is 0 Å². The molecule has 0 atom stereocenters. The zero-order valence-electron chi connectivity index (χ0n) is 4.66. The minimum absolute atomic E-state index is 0.0579. The summed E-state index contributed by atoms with van der Waals surface area (Å²) in [6.07, 6.45) is 1.99. The Balaban J connectivity index is 4.30.